The van der Waals surface area contributed by atoms with Crippen molar-refractivity contribution in [2.45, 2.75) is 0 Å². The first-order valence-electron chi connectivity index (χ1n) is 18.8. The second-order valence-corrected chi connectivity index (χ2v) is 15.2. The Hall–Kier alpha value is -6.94. The standard InChI is InChI=1S/C52H34N2S/c1-3-13-36(14-4-1)43-17-7-10-20-48(43)53(42-29-30-50-46(34-42)44-18-8-11-21-49(44)54(50)40-15-5-2-6-16-40)41-27-25-35(26-28-41)37-23-24-38-33-52-47(32-39(38)31-37)45-19-9-12-22-51(45)55-52/h1-34H. The topological polar surface area (TPSA) is 8.17 Å². The van der Waals surface area contributed by atoms with Crippen molar-refractivity contribution in [1.82, 2.24) is 4.57 Å². The van der Waals surface area contributed by atoms with E-state index in [1.165, 1.54) is 75.0 Å². The fraction of sp³-hybridized carbons (Fsp3) is 0. The Morgan fingerprint density at radius 1 is 0.364 bits per heavy atom. The average molecular weight is 719 g/mol. The molecule has 0 fully saturated rings. The molecule has 0 aliphatic heterocycles. The Morgan fingerprint density at radius 2 is 1.04 bits per heavy atom. The Kier molecular flexibility index (Phi) is 7.39. The highest BCUT2D eigenvalue weighted by atomic mass is 32.1. The molecule has 2 nitrogen and oxygen atoms in total. The summed E-state index contributed by atoms with van der Waals surface area (Å²) >= 11 is 1.87. The van der Waals surface area contributed by atoms with Crippen LogP contribution in [0.25, 0.3) is 80.7 Å². The van der Waals surface area contributed by atoms with E-state index >= 15 is 0 Å². The minimum Gasteiger partial charge on any atom is -0.310 e. The van der Waals surface area contributed by atoms with Crippen molar-refractivity contribution in [3.05, 3.63) is 206 Å². The molecule has 0 saturated carbocycles. The maximum Gasteiger partial charge on any atom is 0.0542 e. The van der Waals surface area contributed by atoms with Gasteiger partial charge in [-0.2, -0.15) is 0 Å². The molecule has 0 aliphatic rings. The lowest BCUT2D eigenvalue weighted by atomic mass is 9.99. The van der Waals surface area contributed by atoms with E-state index in [0.29, 0.717) is 0 Å². The van der Waals surface area contributed by atoms with Crippen LogP contribution in [0.3, 0.4) is 0 Å². The van der Waals surface area contributed by atoms with Crippen LogP contribution in [0.15, 0.2) is 206 Å². The van der Waals surface area contributed by atoms with Gasteiger partial charge in [0.2, 0.25) is 0 Å². The van der Waals surface area contributed by atoms with Gasteiger partial charge in [0.25, 0.3) is 0 Å². The maximum atomic E-state index is 2.42. The van der Waals surface area contributed by atoms with Gasteiger partial charge in [-0.25, -0.2) is 0 Å². The summed E-state index contributed by atoms with van der Waals surface area (Å²) in [6.45, 7) is 0. The fourth-order valence-corrected chi connectivity index (χ4v) is 9.50. The van der Waals surface area contributed by atoms with Crippen LogP contribution in [0.5, 0.6) is 0 Å². The largest absolute Gasteiger partial charge is 0.310 e. The van der Waals surface area contributed by atoms with Gasteiger partial charge in [-0.15, -0.1) is 11.3 Å². The van der Waals surface area contributed by atoms with E-state index < -0.39 is 0 Å². The summed E-state index contributed by atoms with van der Waals surface area (Å²) in [5, 5.41) is 7.65. The van der Waals surface area contributed by atoms with Crippen molar-refractivity contribution >= 4 is 81.1 Å². The van der Waals surface area contributed by atoms with Gasteiger partial charge in [0.15, 0.2) is 0 Å². The highest BCUT2D eigenvalue weighted by molar-refractivity contribution is 7.25. The lowest BCUT2D eigenvalue weighted by Gasteiger charge is -2.28. The van der Waals surface area contributed by atoms with Gasteiger partial charge in [-0.1, -0.05) is 127 Å². The lowest BCUT2D eigenvalue weighted by molar-refractivity contribution is 1.18. The molecule has 2 heterocycles. The van der Waals surface area contributed by atoms with E-state index in [-0.39, 0.29) is 0 Å². The molecule has 9 aromatic carbocycles. The van der Waals surface area contributed by atoms with Gasteiger partial charge in [0, 0.05) is 53.6 Å². The van der Waals surface area contributed by atoms with Gasteiger partial charge >= 0.3 is 0 Å². The predicted molar refractivity (Wildman–Crippen MR) is 237 cm³/mol. The molecule has 0 saturated heterocycles. The lowest BCUT2D eigenvalue weighted by Crippen LogP contribution is -2.11. The van der Waals surface area contributed by atoms with Crippen LogP contribution < -0.4 is 4.90 Å². The zero-order valence-corrected chi connectivity index (χ0v) is 30.7. The predicted octanol–water partition coefficient (Wildman–Crippen LogP) is 15.1. The smallest absolute Gasteiger partial charge is 0.0542 e. The Labute approximate surface area is 323 Å². The van der Waals surface area contributed by atoms with E-state index in [0.717, 1.165) is 22.7 Å². The second kappa shape index (κ2) is 12.9. The quantitative estimate of drug-likeness (QED) is 0.166. The van der Waals surface area contributed by atoms with E-state index in [9.17, 15) is 0 Å². The molecule has 258 valence electrons. The molecule has 0 unspecified atom stereocenters. The summed E-state index contributed by atoms with van der Waals surface area (Å²) in [7, 11) is 0. The van der Waals surface area contributed by atoms with Gasteiger partial charge in [0.1, 0.15) is 0 Å². The highest BCUT2D eigenvalue weighted by Gasteiger charge is 2.20. The molecule has 0 atom stereocenters. The van der Waals surface area contributed by atoms with Crippen molar-refractivity contribution in [3.8, 4) is 27.9 Å². The van der Waals surface area contributed by atoms with Crippen LogP contribution in [-0.4, -0.2) is 4.57 Å². The number of thiophene rings is 1. The summed E-state index contributed by atoms with van der Waals surface area (Å²) in [6, 6.07) is 75.2. The molecule has 11 aromatic rings. The number of nitrogens with zero attached hydrogens (tertiary/aromatic N) is 2. The maximum absolute atomic E-state index is 2.42. The molecule has 0 spiro atoms. The summed E-state index contributed by atoms with van der Waals surface area (Å²) < 4.78 is 5.05. The number of hydrogen-bond acceptors (Lipinski definition) is 2. The number of rotatable bonds is 6. The van der Waals surface area contributed by atoms with Crippen molar-refractivity contribution in [2.75, 3.05) is 4.90 Å². The first-order valence-corrected chi connectivity index (χ1v) is 19.6. The highest BCUT2D eigenvalue weighted by Crippen LogP contribution is 2.44. The van der Waals surface area contributed by atoms with Gasteiger partial charge in [-0.05, 0) is 106 Å². The molecule has 0 aliphatic carbocycles. The van der Waals surface area contributed by atoms with Crippen LogP contribution in [0, 0.1) is 0 Å². The normalized spacial score (nSPS) is 11.6. The molecule has 0 N–H and O–H groups in total. The molecule has 2 aromatic heterocycles. The molecule has 3 heteroatoms. The molecular formula is C52H34N2S. The third kappa shape index (κ3) is 5.32. The van der Waals surface area contributed by atoms with Crippen LogP contribution in [-0.2, 0) is 0 Å². The van der Waals surface area contributed by atoms with Gasteiger partial charge in [-0.3, -0.25) is 0 Å². The zero-order chi connectivity index (χ0) is 36.3. The molecule has 55 heavy (non-hydrogen) atoms. The van der Waals surface area contributed by atoms with Crippen molar-refractivity contribution in [3.63, 3.8) is 0 Å². The van der Waals surface area contributed by atoms with Crippen LogP contribution >= 0.6 is 11.3 Å². The second-order valence-electron chi connectivity index (χ2n) is 14.2. The van der Waals surface area contributed by atoms with Crippen molar-refractivity contribution in [1.29, 1.82) is 0 Å². The SMILES string of the molecule is c1ccc(-c2ccccc2N(c2ccc(-c3ccc4cc5sc6ccccc6c5cc4c3)cc2)c2ccc3c(c2)c2ccccc2n3-c2ccccc2)cc1. The first-order chi connectivity index (χ1) is 27.3. The summed E-state index contributed by atoms with van der Waals surface area (Å²) in [4.78, 5) is 2.42. The van der Waals surface area contributed by atoms with Crippen molar-refractivity contribution in [2.24, 2.45) is 0 Å². The monoisotopic (exact) mass is 718 g/mol. The summed E-state index contributed by atoms with van der Waals surface area (Å²) in [6.07, 6.45) is 0. The van der Waals surface area contributed by atoms with E-state index in [2.05, 4.69) is 216 Å². The zero-order valence-electron chi connectivity index (χ0n) is 29.9. The van der Waals surface area contributed by atoms with E-state index in [1.54, 1.807) is 0 Å². The Bertz CT molecular complexity index is 3190. The Morgan fingerprint density at radius 3 is 1.89 bits per heavy atom. The minimum absolute atomic E-state index is 1.10. The summed E-state index contributed by atoms with van der Waals surface area (Å²) in [5.74, 6) is 0. The van der Waals surface area contributed by atoms with Crippen LogP contribution in [0.4, 0.5) is 17.1 Å². The molecule has 11 rings (SSSR count). The van der Waals surface area contributed by atoms with Gasteiger partial charge in [0.05, 0.1) is 16.7 Å². The fourth-order valence-electron chi connectivity index (χ4n) is 8.36. The third-order valence-corrected chi connectivity index (χ3v) is 12.1. The van der Waals surface area contributed by atoms with Crippen LogP contribution in [0.1, 0.15) is 0 Å². The number of aromatic nitrogens is 1. The Balaban J connectivity index is 1.06. The number of hydrogen-bond donors (Lipinski definition) is 0. The number of benzene rings is 9. The minimum atomic E-state index is 1.10. The van der Waals surface area contributed by atoms with E-state index in [1.807, 2.05) is 11.3 Å². The number of anilines is 3. The summed E-state index contributed by atoms with van der Waals surface area (Å²) in [5.41, 5.74) is 11.7. The van der Waals surface area contributed by atoms with Gasteiger partial charge < -0.3 is 9.47 Å². The first kappa shape index (κ1) is 31.6. The molecular weight excluding hydrogens is 685 g/mol. The van der Waals surface area contributed by atoms with E-state index in [4.69, 9.17) is 0 Å². The number of fused-ring (bicyclic) bond motifs is 7. The molecule has 0 bridgehead atoms. The molecule has 0 amide bonds. The van der Waals surface area contributed by atoms with Crippen LogP contribution in [0.2, 0.25) is 0 Å². The average Bonchev–Trinajstić information content (AvgIpc) is 3.78. The molecule has 0 radical (unpaired) electrons. The van der Waals surface area contributed by atoms with Crippen molar-refractivity contribution < 1.29 is 0 Å². The third-order valence-electron chi connectivity index (χ3n) is 11.0. The number of para-hydroxylation sites is 3.